The van der Waals surface area contributed by atoms with Gasteiger partial charge in [-0.25, -0.2) is 4.90 Å². The lowest BCUT2D eigenvalue weighted by atomic mass is 10.2. The van der Waals surface area contributed by atoms with Crippen molar-refractivity contribution in [2.75, 3.05) is 4.90 Å². The van der Waals surface area contributed by atoms with E-state index in [1.165, 1.54) is 24.3 Å². The number of para-hydroxylation sites is 1. The Hall–Kier alpha value is -1.95. The molecule has 116 valence electrons. The molecule has 1 aliphatic rings. The van der Waals surface area contributed by atoms with E-state index in [2.05, 4.69) is 0 Å². The van der Waals surface area contributed by atoms with E-state index >= 15 is 0 Å². The number of hydrogen-bond donors (Lipinski definition) is 1. The van der Waals surface area contributed by atoms with E-state index < -0.39 is 11.1 Å². The average Bonchev–Trinajstić information content (AvgIpc) is 2.79. The molecule has 0 unspecified atom stereocenters. The van der Waals surface area contributed by atoms with Crippen molar-refractivity contribution in [2.24, 2.45) is 0 Å². The molecule has 0 saturated carbocycles. The maximum absolute atomic E-state index is 12.5. The first-order valence-electron chi connectivity index (χ1n) is 6.48. The number of phenols is 1. The topological polar surface area (TPSA) is 57.6 Å². The predicted octanol–water partition coefficient (Wildman–Crippen LogP) is 4.94. The lowest BCUT2D eigenvalue weighted by Gasteiger charge is -2.13. The smallest absolute Gasteiger partial charge is 0.298 e. The van der Waals surface area contributed by atoms with Gasteiger partial charge in [0.25, 0.3) is 11.1 Å². The number of anilines is 1. The zero-order valence-electron chi connectivity index (χ0n) is 11.5. The van der Waals surface area contributed by atoms with Crippen LogP contribution in [0.3, 0.4) is 0 Å². The molecule has 23 heavy (non-hydrogen) atoms. The number of carbonyl (C=O) groups excluding carboxylic acids is 2. The fraction of sp³-hybridized carbons (Fsp3) is 0. The van der Waals surface area contributed by atoms with Gasteiger partial charge in [-0.1, -0.05) is 41.4 Å². The summed E-state index contributed by atoms with van der Waals surface area (Å²) in [6.07, 6.45) is 1.48. The van der Waals surface area contributed by atoms with Crippen LogP contribution in [-0.4, -0.2) is 16.3 Å². The lowest BCUT2D eigenvalue weighted by molar-refractivity contribution is -0.113. The summed E-state index contributed by atoms with van der Waals surface area (Å²) < 4.78 is 0. The van der Waals surface area contributed by atoms with Gasteiger partial charge in [0.05, 0.1) is 20.6 Å². The Morgan fingerprint density at radius 2 is 1.78 bits per heavy atom. The number of halogens is 2. The summed E-state index contributed by atoms with van der Waals surface area (Å²) in [5.74, 6) is -0.435. The van der Waals surface area contributed by atoms with Gasteiger partial charge in [-0.15, -0.1) is 0 Å². The number of nitrogens with zero attached hydrogens (tertiary/aromatic N) is 1. The number of benzene rings is 2. The van der Waals surface area contributed by atoms with E-state index in [1.54, 1.807) is 24.3 Å². The van der Waals surface area contributed by atoms with Crippen LogP contribution in [0.2, 0.25) is 10.0 Å². The first-order valence-corrected chi connectivity index (χ1v) is 8.05. The second-order valence-electron chi connectivity index (χ2n) is 4.67. The number of thioether (sulfide) groups is 1. The van der Waals surface area contributed by atoms with Gasteiger partial charge < -0.3 is 5.11 Å². The highest BCUT2D eigenvalue weighted by atomic mass is 35.5. The molecule has 1 aliphatic heterocycles. The van der Waals surface area contributed by atoms with Crippen molar-refractivity contribution in [3.8, 4) is 5.75 Å². The predicted molar refractivity (Wildman–Crippen MR) is 93.0 cm³/mol. The number of carbonyl (C=O) groups is 2. The van der Waals surface area contributed by atoms with Crippen molar-refractivity contribution in [1.82, 2.24) is 0 Å². The third-order valence-corrected chi connectivity index (χ3v) is 4.79. The molecule has 2 aromatic carbocycles. The molecule has 0 spiro atoms. The number of aromatic hydroxyl groups is 1. The maximum atomic E-state index is 12.5. The van der Waals surface area contributed by atoms with Crippen molar-refractivity contribution in [2.45, 2.75) is 0 Å². The molecule has 4 nitrogen and oxygen atoms in total. The standard InChI is InChI=1S/C16H9Cl2NO3S/c17-11-6-5-10(8-12(11)18)19-15(21)14(23-16(19)22)7-9-3-1-2-4-13(9)20/h1-8,20H/b14-7-. The van der Waals surface area contributed by atoms with Gasteiger partial charge >= 0.3 is 0 Å². The van der Waals surface area contributed by atoms with E-state index in [4.69, 9.17) is 23.2 Å². The van der Waals surface area contributed by atoms with E-state index in [0.717, 1.165) is 16.7 Å². The van der Waals surface area contributed by atoms with E-state index in [-0.39, 0.29) is 15.7 Å². The number of phenolic OH excluding ortho intramolecular Hbond substituents is 1. The summed E-state index contributed by atoms with van der Waals surface area (Å²) in [5.41, 5.74) is 0.815. The van der Waals surface area contributed by atoms with Gasteiger partial charge in [-0.3, -0.25) is 9.59 Å². The SMILES string of the molecule is O=C1S/C(=C\c2ccccc2O)C(=O)N1c1ccc(Cl)c(Cl)c1. The third kappa shape index (κ3) is 3.08. The Morgan fingerprint density at radius 3 is 2.48 bits per heavy atom. The minimum Gasteiger partial charge on any atom is -0.507 e. The van der Waals surface area contributed by atoms with Crippen LogP contribution in [0.1, 0.15) is 5.56 Å². The van der Waals surface area contributed by atoms with E-state index in [1.807, 2.05) is 0 Å². The summed E-state index contributed by atoms with van der Waals surface area (Å²) >= 11 is 12.6. The Balaban J connectivity index is 1.97. The first-order chi connectivity index (χ1) is 11.0. The fourth-order valence-corrected chi connectivity index (χ4v) is 3.19. The number of hydrogen-bond acceptors (Lipinski definition) is 4. The highest BCUT2D eigenvalue weighted by molar-refractivity contribution is 8.19. The van der Waals surface area contributed by atoms with Crippen molar-refractivity contribution in [3.63, 3.8) is 0 Å². The molecule has 0 atom stereocenters. The summed E-state index contributed by atoms with van der Waals surface area (Å²) in [7, 11) is 0. The van der Waals surface area contributed by atoms with Crippen LogP contribution in [0.4, 0.5) is 10.5 Å². The van der Waals surface area contributed by atoms with Crippen LogP contribution in [0.15, 0.2) is 47.4 Å². The van der Waals surface area contributed by atoms with Gasteiger partial charge in [0.2, 0.25) is 0 Å². The highest BCUT2D eigenvalue weighted by Crippen LogP contribution is 2.38. The number of rotatable bonds is 2. The molecule has 2 amide bonds. The minimum atomic E-state index is -0.471. The molecule has 7 heteroatoms. The molecule has 2 aromatic rings. The maximum Gasteiger partial charge on any atom is 0.298 e. The van der Waals surface area contributed by atoms with Crippen molar-refractivity contribution >= 4 is 57.9 Å². The molecule has 1 fully saturated rings. The molecule has 1 saturated heterocycles. The van der Waals surface area contributed by atoms with Gasteiger partial charge in [-0.2, -0.15) is 0 Å². The van der Waals surface area contributed by atoms with Crippen LogP contribution in [-0.2, 0) is 4.79 Å². The molecule has 1 heterocycles. The largest absolute Gasteiger partial charge is 0.507 e. The van der Waals surface area contributed by atoms with Crippen LogP contribution in [0.5, 0.6) is 5.75 Å². The number of imide groups is 1. The van der Waals surface area contributed by atoms with Crippen LogP contribution in [0.25, 0.3) is 6.08 Å². The Bertz CT molecular complexity index is 851. The highest BCUT2D eigenvalue weighted by Gasteiger charge is 2.36. The summed E-state index contributed by atoms with van der Waals surface area (Å²) in [5, 5.41) is 9.94. The minimum absolute atomic E-state index is 0.0360. The normalized spacial score (nSPS) is 16.4. The van der Waals surface area contributed by atoms with Gasteiger partial charge in [0, 0.05) is 5.56 Å². The van der Waals surface area contributed by atoms with Gasteiger partial charge in [-0.05, 0) is 42.1 Å². The second kappa shape index (κ2) is 6.28. The zero-order chi connectivity index (χ0) is 16.6. The van der Waals surface area contributed by atoms with Gasteiger partial charge in [0.1, 0.15) is 5.75 Å². The van der Waals surface area contributed by atoms with Crippen molar-refractivity contribution < 1.29 is 14.7 Å². The van der Waals surface area contributed by atoms with Crippen molar-refractivity contribution in [3.05, 3.63) is 63.0 Å². The molecular weight excluding hydrogens is 357 g/mol. The Morgan fingerprint density at radius 1 is 1.04 bits per heavy atom. The van der Waals surface area contributed by atoms with Crippen molar-refractivity contribution in [1.29, 1.82) is 0 Å². The van der Waals surface area contributed by atoms with Crippen LogP contribution in [0, 0.1) is 0 Å². The Kier molecular flexibility index (Phi) is 4.35. The quantitative estimate of drug-likeness (QED) is 0.765. The van der Waals surface area contributed by atoms with Crippen LogP contribution >= 0.6 is 35.0 Å². The molecule has 0 aromatic heterocycles. The third-order valence-electron chi connectivity index (χ3n) is 3.18. The molecule has 0 radical (unpaired) electrons. The molecule has 3 rings (SSSR count). The second-order valence-corrected chi connectivity index (χ2v) is 6.48. The van der Waals surface area contributed by atoms with Gasteiger partial charge in [0.15, 0.2) is 0 Å². The van der Waals surface area contributed by atoms with E-state index in [9.17, 15) is 14.7 Å². The first kappa shape index (κ1) is 15.9. The molecule has 0 bridgehead atoms. The lowest BCUT2D eigenvalue weighted by Crippen LogP contribution is -2.27. The molecular formula is C16H9Cl2NO3S. The summed E-state index contributed by atoms with van der Waals surface area (Å²) in [6.45, 7) is 0. The fourth-order valence-electron chi connectivity index (χ4n) is 2.07. The zero-order valence-corrected chi connectivity index (χ0v) is 13.8. The van der Waals surface area contributed by atoms with E-state index in [0.29, 0.717) is 16.3 Å². The molecule has 1 N–H and O–H groups in total. The number of amides is 2. The average molecular weight is 366 g/mol. The summed E-state index contributed by atoms with van der Waals surface area (Å²) in [6, 6.07) is 11.1. The Labute approximate surface area is 146 Å². The molecule has 0 aliphatic carbocycles. The van der Waals surface area contributed by atoms with Crippen LogP contribution < -0.4 is 4.90 Å². The monoisotopic (exact) mass is 365 g/mol. The summed E-state index contributed by atoms with van der Waals surface area (Å²) in [4.78, 5) is 25.9.